The minimum absolute atomic E-state index is 0. The predicted octanol–water partition coefficient (Wildman–Crippen LogP) is 0.779. The first-order chi connectivity index (χ1) is 6.06. The smallest absolute Gasteiger partial charge is 0.550 e. The van der Waals surface area contributed by atoms with Crippen molar-refractivity contribution in [3.8, 4) is 0 Å². The first kappa shape index (κ1) is 16.8. The van der Waals surface area contributed by atoms with Crippen LogP contribution in [-0.2, 0) is 37.2 Å². The molecule has 0 aromatic rings. The van der Waals surface area contributed by atoms with Crippen molar-refractivity contribution < 1.29 is 42.3 Å². The number of hydrogen-bond donors (Lipinski definition) is 0. The van der Waals surface area contributed by atoms with E-state index >= 15 is 0 Å². The quantitative estimate of drug-likeness (QED) is 0.626. The summed E-state index contributed by atoms with van der Waals surface area (Å²) < 4.78 is 5.21. The SMILES string of the molecule is CC(=O)[O-].CO[C@@H]1[CH][C@H](C)CCC1.[Hg+]. The molecule has 1 fully saturated rings. The summed E-state index contributed by atoms with van der Waals surface area (Å²) in [6, 6.07) is 0. The molecule has 78 valence electrons. The molecule has 0 saturated heterocycles. The third-order valence-electron chi connectivity index (χ3n) is 1.99. The van der Waals surface area contributed by atoms with E-state index in [0.29, 0.717) is 6.10 Å². The Morgan fingerprint density at radius 3 is 2.29 bits per heavy atom. The van der Waals surface area contributed by atoms with E-state index in [1.54, 1.807) is 7.11 Å². The normalized spacial score (nSPS) is 25.4. The van der Waals surface area contributed by atoms with Crippen molar-refractivity contribution in [2.45, 2.75) is 39.2 Å². The zero-order valence-electron chi connectivity index (χ0n) is 9.29. The molecule has 1 saturated carbocycles. The Bertz CT molecular complexity index is 146. The Hall–Kier alpha value is 0.365. The van der Waals surface area contributed by atoms with Gasteiger partial charge in [-0.3, -0.25) is 0 Å². The summed E-state index contributed by atoms with van der Waals surface area (Å²) in [5.41, 5.74) is 0. The second kappa shape index (κ2) is 9.90. The summed E-state index contributed by atoms with van der Waals surface area (Å²) in [7, 11) is 1.79. The molecule has 0 N–H and O–H groups in total. The largest absolute Gasteiger partial charge is 1.00 e. The molecule has 1 aliphatic carbocycles. The van der Waals surface area contributed by atoms with Gasteiger partial charge in [-0.25, -0.2) is 0 Å². The molecule has 0 aromatic carbocycles. The van der Waals surface area contributed by atoms with Gasteiger partial charge in [0.1, 0.15) is 0 Å². The summed E-state index contributed by atoms with van der Waals surface area (Å²) in [6.45, 7) is 3.23. The molecule has 14 heavy (non-hydrogen) atoms. The molecule has 1 aliphatic rings. The average Bonchev–Trinajstić information content (AvgIpc) is 2.03. The number of aliphatic carboxylic acids is 1. The fourth-order valence-corrected chi connectivity index (χ4v) is 1.40. The minimum atomic E-state index is -1.08. The molecule has 3 nitrogen and oxygen atoms in total. The van der Waals surface area contributed by atoms with E-state index in [0.717, 1.165) is 12.8 Å². The summed E-state index contributed by atoms with van der Waals surface area (Å²) in [5.74, 6) is -0.316. The van der Waals surface area contributed by atoms with Gasteiger partial charge >= 0.3 is 27.7 Å². The number of carboxylic acids is 1. The van der Waals surface area contributed by atoms with Crippen LogP contribution in [0.5, 0.6) is 0 Å². The maximum atomic E-state index is 8.89. The van der Waals surface area contributed by atoms with Crippen molar-refractivity contribution in [1.82, 2.24) is 0 Å². The van der Waals surface area contributed by atoms with Crippen molar-refractivity contribution in [1.29, 1.82) is 0 Å². The summed E-state index contributed by atoms with van der Waals surface area (Å²) >= 11 is 0. The molecular formula is C10H18HgO3. The maximum absolute atomic E-state index is 8.89. The molecule has 0 aliphatic heterocycles. The number of carboxylic acid groups (broad SMARTS) is 1. The van der Waals surface area contributed by atoms with E-state index in [1.807, 2.05) is 0 Å². The van der Waals surface area contributed by atoms with E-state index in [-0.39, 0.29) is 27.7 Å². The Morgan fingerprint density at radius 1 is 1.50 bits per heavy atom. The van der Waals surface area contributed by atoms with Crippen LogP contribution in [0.1, 0.15) is 33.1 Å². The number of carbonyl (C=O) groups is 1. The maximum Gasteiger partial charge on any atom is 1.00 e. The monoisotopic (exact) mass is 388 g/mol. The van der Waals surface area contributed by atoms with Crippen LogP contribution >= 0.6 is 0 Å². The van der Waals surface area contributed by atoms with Gasteiger partial charge in [-0.1, -0.05) is 19.8 Å². The number of ether oxygens (including phenoxy) is 1. The number of rotatable bonds is 1. The van der Waals surface area contributed by atoms with Crippen LogP contribution in [0.3, 0.4) is 0 Å². The predicted molar refractivity (Wildman–Crippen MR) is 48.8 cm³/mol. The van der Waals surface area contributed by atoms with Gasteiger partial charge in [0.2, 0.25) is 0 Å². The zero-order chi connectivity index (χ0) is 10.3. The number of methoxy groups -OCH3 is 1. The molecule has 0 heterocycles. The third-order valence-corrected chi connectivity index (χ3v) is 1.99. The van der Waals surface area contributed by atoms with Crippen LogP contribution in [0, 0.1) is 12.3 Å². The van der Waals surface area contributed by atoms with Crippen LogP contribution < -0.4 is 5.11 Å². The molecule has 0 spiro atoms. The second-order valence-electron chi connectivity index (χ2n) is 3.37. The molecule has 4 heteroatoms. The van der Waals surface area contributed by atoms with Gasteiger partial charge in [0.05, 0.1) is 6.10 Å². The first-order valence-electron chi connectivity index (χ1n) is 4.61. The fraction of sp³-hybridized carbons (Fsp3) is 0.800. The first-order valence-corrected chi connectivity index (χ1v) is 4.61. The molecule has 0 unspecified atom stereocenters. The van der Waals surface area contributed by atoms with Gasteiger partial charge in [0.25, 0.3) is 0 Å². The topological polar surface area (TPSA) is 49.4 Å². The van der Waals surface area contributed by atoms with Crippen molar-refractivity contribution in [3.05, 3.63) is 6.42 Å². The third kappa shape index (κ3) is 10.4. The van der Waals surface area contributed by atoms with E-state index < -0.39 is 5.97 Å². The molecule has 0 aromatic heterocycles. The van der Waals surface area contributed by atoms with E-state index in [9.17, 15) is 0 Å². The molecule has 0 bridgehead atoms. The molecular weight excluding hydrogens is 369 g/mol. The van der Waals surface area contributed by atoms with Gasteiger partial charge in [-0.05, 0) is 25.7 Å². The molecule has 0 amide bonds. The summed E-state index contributed by atoms with van der Waals surface area (Å²) in [5, 5.41) is 8.89. The molecule has 1 rings (SSSR count). The summed E-state index contributed by atoms with van der Waals surface area (Å²) in [4.78, 5) is 8.89. The average molecular weight is 387 g/mol. The second-order valence-corrected chi connectivity index (χ2v) is 3.37. The van der Waals surface area contributed by atoms with Crippen molar-refractivity contribution in [2.75, 3.05) is 7.11 Å². The van der Waals surface area contributed by atoms with E-state index in [4.69, 9.17) is 14.6 Å². The van der Waals surface area contributed by atoms with Crippen LogP contribution in [0.4, 0.5) is 0 Å². The Morgan fingerprint density at radius 2 is 2.00 bits per heavy atom. The number of carbonyl (C=O) groups excluding carboxylic acids is 1. The van der Waals surface area contributed by atoms with Crippen molar-refractivity contribution in [2.24, 2.45) is 5.92 Å². The Labute approximate surface area is 107 Å². The number of hydrogen-bond acceptors (Lipinski definition) is 3. The van der Waals surface area contributed by atoms with Gasteiger partial charge in [0, 0.05) is 13.1 Å². The van der Waals surface area contributed by atoms with Gasteiger partial charge < -0.3 is 14.6 Å². The zero-order valence-corrected chi connectivity index (χ0v) is 14.8. The van der Waals surface area contributed by atoms with Gasteiger partial charge in [0.15, 0.2) is 0 Å². The van der Waals surface area contributed by atoms with E-state index in [2.05, 4.69) is 13.3 Å². The molecule has 2 atom stereocenters. The summed E-state index contributed by atoms with van der Waals surface area (Å²) in [6.07, 6.45) is 6.65. The van der Waals surface area contributed by atoms with Crippen LogP contribution in [-0.4, -0.2) is 19.2 Å². The standard InChI is InChI=1S/C8H15O.C2H4O2.Hg/c1-7-4-3-5-8(6-7)9-2;1-2(3)4;/h6-8H,3-5H2,1-2H3;1H3,(H,3,4);/q;;+1/p-1/t7-,8+;;/m1../s1. The van der Waals surface area contributed by atoms with Crippen LogP contribution in [0.25, 0.3) is 0 Å². The Balaban J connectivity index is 0. The van der Waals surface area contributed by atoms with Crippen LogP contribution in [0.15, 0.2) is 0 Å². The van der Waals surface area contributed by atoms with Gasteiger partial charge in [-0.15, -0.1) is 0 Å². The molecule has 2 radical (unpaired) electrons. The van der Waals surface area contributed by atoms with E-state index in [1.165, 1.54) is 19.3 Å². The van der Waals surface area contributed by atoms with Crippen molar-refractivity contribution in [3.63, 3.8) is 0 Å². The minimum Gasteiger partial charge on any atom is -0.550 e. The fourth-order valence-electron chi connectivity index (χ4n) is 1.40. The van der Waals surface area contributed by atoms with Crippen LogP contribution in [0.2, 0.25) is 0 Å². The van der Waals surface area contributed by atoms with Gasteiger partial charge in [-0.2, -0.15) is 0 Å². The van der Waals surface area contributed by atoms with Crippen molar-refractivity contribution >= 4 is 5.97 Å². The Kier molecular flexibility index (Phi) is 11.9.